The average Bonchev–Trinajstić information content (AvgIpc) is 3.40. The van der Waals surface area contributed by atoms with Crippen molar-refractivity contribution in [1.82, 2.24) is 19.8 Å². The molecular weight excluding hydrogens is 594 g/mol. The van der Waals surface area contributed by atoms with Crippen molar-refractivity contribution >= 4 is 22.0 Å². The van der Waals surface area contributed by atoms with E-state index in [9.17, 15) is 31.9 Å². The molecule has 6 rings (SSSR count). The summed E-state index contributed by atoms with van der Waals surface area (Å²) in [6.07, 6.45) is 5.45. The molecule has 13 heteroatoms. The molecule has 4 aliphatic rings. The molecule has 3 N–H and O–H groups in total. The van der Waals surface area contributed by atoms with Gasteiger partial charge in [-0.1, -0.05) is 25.3 Å². The number of nitrogens with zero attached hydrogens (tertiary/aromatic N) is 2. The molecule has 0 aromatic heterocycles. The number of carbonyl (C=O) groups excluding carboxylic acids is 2. The second-order valence-corrected chi connectivity index (χ2v) is 14.3. The summed E-state index contributed by atoms with van der Waals surface area (Å²) in [5.74, 6) is -2.07. The average molecular weight is 633 g/mol. The number of nitrogens with one attached hydrogen (secondary N) is 2. The maximum Gasteiger partial charge on any atom is 0.317 e. The fraction of sp³-hybridized carbons (Fsp3) is 0.548. The number of urea groups is 1. The van der Waals surface area contributed by atoms with E-state index in [2.05, 4.69) is 10.6 Å². The van der Waals surface area contributed by atoms with E-state index in [4.69, 9.17) is 4.74 Å². The van der Waals surface area contributed by atoms with E-state index in [0.717, 1.165) is 42.1 Å². The van der Waals surface area contributed by atoms with Crippen LogP contribution in [0.1, 0.15) is 57.8 Å². The molecule has 1 spiro atoms. The fourth-order valence-electron chi connectivity index (χ4n) is 6.93. The minimum absolute atomic E-state index is 0.0276. The Bertz CT molecular complexity index is 1530. The normalized spacial score (nSPS) is 25.7. The van der Waals surface area contributed by atoms with Crippen LogP contribution < -0.4 is 15.4 Å². The van der Waals surface area contributed by atoms with Crippen LogP contribution in [0.4, 0.5) is 13.6 Å². The molecule has 3 heterocycles. The van der Waals surface area contributed by atoms with Crippen molar-refractivity contribution < 1.29 is 36.6 Å². The van der Waals surface area contributed by atoms with Gasteiger partial charge in [-0.05, 0) is 55.5 Å². The zero-order valence-corrected chi connectivity index (χ0v) is 25.3. The fourth-order valence-corrected chi connectivity index (χ4v) is 8.68. The highest BCUT2D eigenvalue weighted by atomic mass is 32.2. The van der Waals surface area contributed by atoms with Gasteiger partial charge in [-0.15, -0.1) is 0 Å². The van der Waals surface area contributed by atoms with E-state index in [0.29, 0.717) is 37.9 Å². The Kier molecular flexibility index (Phi) is 8.55. The van der Waals surface area contributed by atoms with Crippen LogP contribution >= 0.6 is 0 Å². The zero-order chi connectivity index (χ0) is 31.1. The van der Waals surface area contributed by atoms with Crippen LogP contribution in [0.25, 0.3) is 11.1 Å². The van der Waals surface area contributed by atoms with Gasteiger partial charge in [-0.25, -0.2) is 22.0 Å². The van der Waals surface area contributed by atoms with Gasteiger partial charge in [0.2, 0.25) is 15.9 Å². The number of benzene rings is 2. The van der Waals surface area contributed by atoms with Crippen LogP contribution in [-0.4, -0.2) is 84.6 Å². The summed E-state index contributed by atoms with van der Waals surface area (Å²) in [7, 11) is -4.32. The minimum Gasteiger partial charge on any atom is -0.492 e. The molecule has 2 saturated heterocycles. The summed E-state index contributed by atoms with van der Waals surface area (Å²) in [4.78, 5) is 28.3. The molecule has 1 saturated carbocycles. The van der Waals surface area contributed by atoms with Gasteiger partial charge in [-0.2, -0.15) is 4.31 Å². The van der Waals surface area contributed by atoms with Gasteiger partial charge in [-0.3, -0.25) is 4.79 Å². The number of halogens is 2. The molecule has 0 bridgehead atoms. The van der Waals surface area contributed by atoms with Crippen molar-refractivity contribution in [3.05, 3.63) is 48.0 Å². The number of hydrogen-bond donors (Lipinski definition) is 3. The number of piperidine rings is 1. The Balaban J connectivity index is 1.28. The van der Waals surface area contributed by atoms with Crippen LogP contribution in [-0.2, 0) is 14.8 Å². The van der Waals surface area contributed by atoms with Crippen LogP contribution in [0, 0.1) is 11.6 Å². The lowest BCUT2D eigenvalue weighted by molar-refractivity contribution is -0.127. The molecular formula is C31H38F2N4O6S. The standard InChI is InChI=1S/C31H38F2N4O6S/c32-21-7-8-24(25(33)17-21)20-6-9-28-27(16-20)43-15-12-31(35-29(39)26-18-23(38)19-37(26)44(28,41)42)10-13-36(14-11-31)30(40)34-22-4-2-1-3-5-22/h6-9,16-17,22-23,26,38H,1-5,10-15,18-19H2,(H,34,40)(H,35,39)/t23-,26+/m1/s1. The summed E-state index contributed by atoms with van der Waals surface area (Å²) in [6.45, 7) is 0.577. The first-order chi connectivity index (χ1) is 21.0. The SMILES string of the molecule is O=C1NC2(CCOc3cc(-c4ccc(F)cc4F)ccc3S(=O)(=O)N3C[C@H](O)C[C@@H]13)CCN(C(=O)NC1CCCCC1)CC2. The highest BCUT2D eigenvalue weighted by Gasteiger charge is 2.47. The van der Waals surface area contributed by atoms with Crippen molar-refractivity contribution in [2.45, 2.75) is 86.4 Å². The maximum absolute atomic E-state index is 14.6. The van der Waals surface area contributed by atoms with Crippen LogP contribution in [0.15, 0.2) is 41.3 Å². The quantitative estimate of drug-likeness (QED) is 0.465. The van der Waals surface area contributed by atoms with E-state index < -0.39 is 45.2 Å². The van der Waals surface area contributed by atoms with Crippen molar-refractivity contribution in [1.29, 1.82) is 0 Å². The molecule has 0 radical (unpaired) electrons. The number of aliphatic hydroxyl groups is 1. The summed E-state index contributed by atoms with van der Waals surface area (Å²) < 4.78 is 63.1. The van der Waals surface area contributed by atoms with Crippen LogP contribution in [0.2, 0.25) is 0 Å². The number of rotatable bonds is 2. The smallest absolute Gasteiger partial charge is 0.317 e. The lowest BCUT2D eigenvalue weighted by atomic mass is 9.84. The monoisotopic (exact) mass is 632 g/mol. The number of aliphatic hydroxyl groups excluding tert-OH is 1. The summed E-state index contributed by atoms with van der Waals surface area (Å²) in [5.41, 5.74) is -0.399. The molecule has 0 unspecified atom stereocenters. The molecule has 44 heavy (non-hydrogen) atoms. The Morgan fingerprint density at radius 3 is 2.52 bits per heavy atom. The number of ether oxygens (including phenoxy) is 1. The molecule has 1 aliphatic carbocycles. The first-order valence-corrected chi connectivity index (χ1v) is 16.8. The molecule has 2 aromatic carbocycles. The van der Waals surface area contributed by atoms with Crippen LogP contribution in [0.3, 0.4) is 0 Å². The highest BCUT2D eigenvalue weighted by Crippen LogP contribution is 2.38. The van der Waals surface area contributed by atoms with Crippen molar-refractivity contribution in [3.63, 3.8) is 0 Å². The van der Waals surface area contributed by atoms with Crippen molar-refractivity contribution in [2.75, 3.05) is 26.2 Å². The van der Waals surface area contributed by atoms with Crippen molar-refractivity contribution in [2.24, 2.45) is 0 Å². The van der Waals surface area contributed by atoms with Crippen molar-refractivity contribution in [3.8, 4) is 16.9 Å². The molecule has 3 amide bonds. The van der Waals surface area contributed by atoms with E-state index in [1.807, 2.05) is 0 Å². The highest BCUT2D eigenvalue weighted by molar-refractivity contribution is 7.89. The van der Waals surface area contributed by atoms with Crippen LogP contribution in [0.5, 0.6) is 5.75 Å². The van der Waals surface area contributed by atoms with Gasteiger partial charge >= 0.3 is 6.03 Å². The topological polar surface area (TPSA) is 128 Å². The van der Waals surface area contributed by atoms with Gasteiger partial charge in [0.05, 0.1) is 12.7 Å². The number of fused-ring (bicyclic) bond motifs is 2. The summed E-state index contributed by atoms with van der Waals surface area (Å²) in [6, 6.07) is 6.17. The minimum atomic E-state index is -4.32. The maximum atomic E-state index is 14.6. The molecule has 3 fully saturated rings. The molecule has 10 nitrogen and oxygen atoms in total. The van der Waals surface area contributed by atoms with E-state index in [1.54, 1.807) is 4.90 Å². The summed E-state index contributed by atoms with van der Waals surface area (Å²) >= 11 is 0. The third kappa shape index (κ3) is 6.14. The second-order valence-electron chi connectivity index (χ2n) is 12.4. The Morgan fingerprint density at radius 2 is 1.80 bits per heavy atom. The number of likely N-dealkylation sites (tertiary alicyclic amines) is 1. The number of sulfonamides is 1. The zero-order valence-electron chi connectivity index (χ0n) is 24.4. The lowest BCUT2D eigenvalue weighted by Gasteiger charge is -2.43. The first kappa shape index (κ1) is 30.7. The molecule has 2 aromatic rings. The number of carbonyl (C=O) groups is 2. The first-order valence-electron chi connectivity index (χ1n) is 15.3. The van der Waals surface area contributed by atoms with Gasteiger partial charge in [0.15, 0.2) is 0 Å². The predicted octanol–water partition coefficient (Wildman–Crippen LogP) is 3.53. The van der Waals surface area contributed by atoms with Gasteiger partial charge in [0, 0.05) is 55.7 Å². The predicted molar refractivity (Wildman–Crippen MR) is 157 cm³/mol. The Hall–Kier alpha value is -3.29. The van der Waals surface area contributed by atoms with Gasteiger partial charge in [0.25, 0.3) is 0 Å². The van der Waals surface area contributed by atoms with Gasteiger partial charge < -0.3 is 25.4 Å². The van der Waals surface area contributed by atoms with E-state index in [1.165, 1.54) is 30.7 Å². The number of amides is 3. The Morgan fingerprint density at radius 1 is 1.05 bits per heavy atom. The third-order valence-corrected chi connectivity index (χ3v) is 11.4. The van der Waals surface area contributed by atoms with Gasteiger partial charge in [0.1, 0.15) is 28.3 Å². The van der Waals surface area contributed by atoms with E-state index in [-0.39, 0.29) is 47.9 Å². The Labute approximate surface area is 255 Å². The third-order valence-electron chi connectivity index (χ3n) is 9.48. The molecule has 2 atom stereocenters. The summed E-state index contributed by atoms with van der Waals surface area (Å²) in [5, 5.41) is 16.7. The van der Waals surface area contributed by atoms with E-state index >= 15 is 0 Å². The second kappa shape index (κ2) is 12.2. The number of hydrogen-bond acceptors (Lipinski definition) is 6. The molecule has 3 aliphatic heterocycles. The lowest BCUT2D eigenvalue weighted by Crippen LogP contribution is -2.60. The largest absolute Gasteiger partial charge is 0.492 e. The molecule has 238 valence electrons.